The van der Waals surface area contributed by atoms with Crippen molar-refractivity contribution in [2.24, 2.45) is 5.92 Å². The van der Waals surface area contributed by atoms with Gasteiger partial charge in [0.15, 0.2) is 0 Å². The Balaban J connectivity index is 1.90. The van der Waals surface area contributed by atoms with Crippen molar-refractivity contribution in [2.45, 2.75) is 18.9 Å². The number of aliphatic hydroxyl groups excluding tert-OH is 1. The maximum absolute atomic E-state index is 9.62. The molecule has 0 bridgehead atoms. The van der Waals surface area contributed by atoms with Crippen molar-refractivity contribution < 1.29 is 19.3 Å². The Morgan fingerprint density at radius 1 is 1.47 bits per heavy atom. The van der Waals surface area contributed by atoms with Gasteiger partial charge in [-0.1, -0.05) is 0 Å². The first-order chi connectivity index (χ1) is 8.33. The molecular formula is C12H25NO4. The van der Waals surface area contributed by atoms with Crippen molar-refractivity contribution in [1.82, 2.24) is 5.32 Å². The Morgan fingerprint density at radius 2 is 2.35 bits per heavy atom. The van der Waals surface area contributed by atoms with Crippen molar-refractivity contribution in [3.63, 3.8) is 0 Å². The molecule has 5 nitrogen and oxygen atoms in total. The van der Waals surface area contributed by atoms with E-state index in [2.05, 4.69) is 5.32 Å². The average Bonchev–Trinajstić information content (AvgIpc) is 2.36. The van der Waals surface area contributed by atoms with Gasteiger partial charge in [0.05, 0.1) is 32.5 Å². The molecule has 0 aromatic rings. The zero-order chi connectivity index (χ0) is 12.3. The van der Waals surface area contributed by atoms with Crippen molar-refractivity contribution in [2.75, 3.05) is 53.2 Å². The molecule has 1 heterocycles. The van der Waals surface area contributed by atoms with Crippen molar-refractivity contribution in [3.05, 3.63) is 0 Å². The first-order valence-electron chi connectivity index (χ1n) is 6.36. The van der Waals surface area contributed by atoms with E-state index in [1.165, 1.54) is 6.42 Å². The number of ether oxygens (including phenoxy) is 3. The molecule has 0 radical (unpaired) electrons. The van der Waals surface area contributed by atoms with Gasteiger partial charge in [-0.05, 0) is 18.8 Å². The number of hydrogen-bond donors (Lipinski definition) is 2. The second kappa shape index (κ2) is 9.79. The van der Waals surface area contributed by atoms with Gasteiger partial charge in [-0.2, -0.15) is 0 Å². The summed E-state index contributed by atoms with van der Waals surface area (Å²) in [6.45, 7) is 4.68. The third-order valence-corrected chi connectivity index (χ3v) is 2.81. The Bertz CT molecular complexity index is 174. The molecule has 1 fully saturated rings. The second-order valence-corrected chi connectivity index (χ2v) is 4.46. The van der Waals surface area contributed by atoms with Crippen molar-refractivity contribution in [3.8, 4) is 0 Å². The highest BCUT2D eigenvalue weighted by atomic mass is 16.5. The smallest absolute Gasteiger partial charge is 0.0897 e. The molecular weight excluding hydrogens is 222 g/mol. The minimum Gasteiger partial charge on any atom is -0.389 e. The van der Waals surface area contributed by atoms with Crippen LogP contribution in [0.1, 0.15) is 12.8 Å². The van der Waals surface area contributed by atoms with Crippen LogP contribution < -0.4 is 5.32 Å². The summed E-state index contributed by atoms with van der Waals surface area (Å²) in [5, 5.41) is 12.9. The van der Waals surface area contributed by atoms with Crippen LogP contribution >= 0.6 is 0 Å². The van der Waals surface area contributed by atoms with E-state index in [1.54, 1.807) is 7.11 Å². The molecule has 0 aromatic carbocycles. The summed E-state index contributed by atoms with van der Waals surface area (Å²) < 4.78 is 15.5. The summed E-state index contributed by atoms with van der Waals surface area (Å²) in [5.41, 5.74) is 0. The van der Waals surface area contributed by atoms with Crippen molar-refractivity contribution in [1.29, 1.82) is 0 Å². The van der Waals surface area contributed by atoms with E-state index < -0.39 is 6.10 Å². The summed E-state index contributed by atoms with van der Waals surface area (Å²) in [7, 11) is 1.63. The quantitative estimate of drug-likeness (QED) is 0.563. The maximum atomic E-state index is 9.62. The van der Waals surface area contributed by atoms with Crippen LogP contribution in [0.25, 0.3) is 0 Å². The molecule has 0 spiro atoms. The van der Waals surface area contributed by atoms with E-state index in [9.17, 15) is 5.11 Å². The van der Waals surface area contributed by atoms with Gasteiger partial charge in [0.2, 0.25) is 0 Å². The third kappa shape index (κ3) is 7.68. The molecule has 2 N–H and O–H groups in total. The predicted octanol–water partition coefficient (Wildman–Crippen LogP) is 0.0265. The van der Waals surface area contributed by atoms with Crippen LogP contribution in [-0.2, 0) is 14.2 Å². The topological polar surface area (TPSA) is 60.0 Å². The summed E-state index contributed by atoms with van der Waals surface area (Å²) in [4.78, 5) is 0. The highest BCUT2D eigenvalue weighted by Gasteiger charge is 2.13. The van der Waals surface area contributed by atoms with Crippen LogP contribution in [0, 0.1) is 5.92 Å². The molecule has 0 aromatic heterocycles. The van der Waals surface area contributed by atoms with Crippen LogP contribution in [-0.4, -0.2) is 64.4 Å². The predicted molar refractivity (Wildman–Crippen MR) is 65.1 cm³/mol. The number of nitrogens with one attached hydrogen (secondary N) is 1. The zero-order valence-corrected chi connectivity index (χ0v) is 10.7. The fraction of sp³-hybridized carbons (Fsp3) is 1.00. The minimum absolute atomic E-state index is 0.359. The van der Waals surface area contributed by atoms with E-state index in [0.29, 0.717) is 32.3 Å². The summed E-state index contributed by atoms with van der Waals surface area (Å²) >= 11 is 0. The molecule has 0 saturated carbocycles. The van der Waals surface area contributed by atoms with E-state index in [-0.39, 0.29) is 0 Å². The molecule has 2 unspecified atom stereocenters. The molecule has 0 aliphatic carbocycles. The number of aliphatic hydroxyl groups is 1. The van der Waals surface area contributed by atoms with E-state index in [1.807, 2.05) is 0 Å². The molecule has 1 saturated heterocycles. The number of rotatable bonds is 9. The highest BCUT2D eigenvalue weighted by Crippen LogP contribution is 2.11. The minimum atomic E-state index is -0.448. The van der Waals surface area contributed by atoms with E-state index >= 15 is 0 Å². The van der Waals surface area contributed by atoms with E-state index in [4.69, 9.17) is 14.2 Å². The molecule has 2 atom stereocenters. The van der Waals surface area contributed by atoms with Crippen LogP contribution in [0.4, 0.5) is 0 Å². The van der Waals surface area contributed by atoms with Crippen molar-refractivity contribution >= 4 is 0 Å². The standard InChI is InChI=1S/C12H25NO4/c1-15-5-6-17-10-12(14)8-13-7-11-3-2-4-16-9-11/h11-14H,2-10H2,1H3. The molecule has 1 aliphatic rings. The lowest BCUT2D eigenvalue weighted by atomic mass is 10.0. The average molecular weight is 247 g/mol. The first kappa shape index (κ1) is 14.9. The SMILES string of the molecule is COCCOCC(O)CNCC1CCCOC1. The van der Waals surface area contributed by atoms with Gasteiger partial charge in [0, 0.05) is 26.8 Å². The van der Waals surface area contributed by atoms with E-state index in [0.717, 1.165) is 26.2 Å². The highest BCUT2D eigenvalue weighted by molar-refractivity contribution is 4.67. The number of methoxy groups -OCH3 is 1. The van der Waals surface area contributed by atoms with Crippen LogP contribution in [0.3, 0.4) is 0 Å². The molecule has 5 heteroatoms. The van der Waals surface area contributed by atoms with Gasteiger partial charge >= 0.3 is 0 Å². The Kier molecular flexibility index (Phi) is 8.56. The van der Waals surface area contributed by atoms with Gasteiger partial charge < -0.3 is 24.6 Å². The van der Waals surface area contributed by atoms with Gasteiger partial charge in [-0.15, -0.1) is 0 Å². The third-order valence-electron chi connectivity index (χ3n) is 2.81. The fourth-order valence-corrected chi connectivity index (χ4v) is 1.84. The maximum Gasteiger partial charge on any atom is 0.0897 e. The van der Waals surface area contributed by atoms with Crippen LogP contribution in [0.15, 0.2) is 0 Å². The zero-order valence-electron chi connectivity index (χ0n) is 10.7. The van der Waals surface area contributed by atoms with Gasteiger partial charge in [-0.25, -0.2) is 0 Å². The molecule has 0 amide bonds. The van der Waals surface area contributed by atoms with Gasteiger partial charge in [0.1, 0.15) is 0 Å². The molecule has 17 heavy (non-hydrogen) atoms. The summed E-state index contributed by atoms with van der Waals surface area (Å²) in [6, 6.07) is 0. The molecule has 1 aliphatic heterocycles. The lowest BCUT2D eigenvalue weighted by Crippen LogP contribution is -2.36. The largest absolute Gasteiger partial charge is 0.389 e. The fourth-order valence-electron chi connectivity index (χ4n) is 1.84. The van der Waals surface area contributed by atoms with Crippen LogP contribution in [0.2, 0.25) is 0 Å². The Labute approximate surface area is 103 Å². The molecule has 1 rings (SSSR count). The van der Waals surface area contributed by atoms with Gasteiger partial charge in [0.25, 0.3) is 0 Å². The normalized spacial score (nSPS) is 22.6. The Hall–Kier alpha value is -0.200. The lowest BCUT2D eigenvalue weighted by Gasteiger charge is -2.23. The summed E-state index contributed by atoms with van der Waals surface area (Å²) in [6.07, 6.45) is 1.92. The van der Waals surface area contributed by atoms with Crippen LogP contribution in [0.5, 0.6) is 0 Å². The number of hydrogen-bond acceptors (Lipinski definition) is 5. The monoisotopic (exact) mass is 247 g/mol. The first-order valence-corrected chi connectivity index (χ1v) is 6.36. The lowest BCUT2D eigenvalue weighted by molar-refractivity contribution is 0.0118. The second-order valence-electron chi connectivity index (χ2n) is 4.46. The summed E-state index contributed by atoms with van der Waals surface area (Å²) in [5.74, 6) is 0.588. The molecule has 102 valence electrons. The van der Waals surface area contributed by atoms with Gasteiger partial charge in [-0.3, -0.25) is 0 Å². The Morgan fingerprint density at radius 3 is 3.06 bits per heavy atom.